The molecule has 394 valence electrons. The van der Waals surface area contributed by atoms with E-state index in [1.807, 2.05) is 69.2 Å². The summed E-state index contributed by atoms with van der Waals surface area (Å²) in [6, 6.07) is -6.40. The third-order valence-corrected chi connectivity index (χ3v) is 13.0. The summed E-state index contributed by atoms with van der Waals surface area (Å²) in [6.45, 7) is 19.6. The van der Waals surface area contributed by atoms with Gasteiger partial charge in [0.05, 0.1) is 19.8 Å². The fourth-order valence-corrected chi connectivity index (χ4v) is 9.47. The minimum absolute atomic E-state index is 0.00249. The van der Waals surface area contributed by atoms with Crippen molar-refractivity contribution in [2.45, 2.75) is 213 Å². The van der Waals surface area contributed by atoms with Gasteiger partial charge in [0.15, 0.2) is 0 Å². The van der Waals surface area contributed by atoms with Crippen LogP contribution in [0.2, 0.25) is 0 Å². The van der Waals surface area contributed by atoms with E-state index in [1.165, 1.54) is 7.11 Å². The Labute approximate surface area is 410 Å². The lowest BCUT2D eigenvalue weighted by molar-refractivity contribution is -0.151. The van der Waals surface area contributed by atoms with Gasteiger partial charge in [0.25, 0.3) is 0 Å². The summed E-state index contributed by atoms with van der Waals surface area (Å²) in [5, 5.41) is 20.3. The van der Waals surface area contributed by atoms with Crippen LogP contribution < -0.4 is 43.0 Å². The highest BCUT2D eigenvalue weighted by atomic mass is 16.5. The van der Waals surface area contributed by atoms with Gasteiger partial charge in [-0.2, -0.15) is 0 Å². The van der Waals surface area contributed by atoms with Gasteiger partial charge in [-0.3, -0.25) is 33.6 Å². The quantitative estimate of drug-likeness (QED) is 0.0978. The van der Waals surface area contributed by atoms with E-state index in [9.17, 15) is 38.4 Å². The summed E-state index contributed by atoms with van der Waals surface area (Å²) in [7, 11) is 1.28. The van der Waals surface area contributed by atoms with Crippen molar-refractivity contribution in [3.05, 3.63) is 0 Å². The molecule has 0 spiro atoms. The highest BCUT2D eigenvalue weighted by Gasteiger charge is 2.50. The zero-order chi connectivity index (χ0) is 51.6. The van der Waals surface area contributed by atoms with Gasteiger partial charge in [-0.1, -0.05) is 82.1 Å². The first kappa shape index (κ1) is 59.0. The van der Waals surface area contributed by atoms with E-state index >= 15 is 0 Å². The average molecular weight is 977 g/mol. The van der Waals surface area contributed by atoms with Crippen molar-refractivity contribution in [2.24, 2.45) is 35.3 Å². The first-order valence-corrected chi connectivity index (χ1v) is 25.6. The number of hydrogen-bond donors (Lipinski definition) is 8. The van der Waals surface area contributed by atoms with E-state index in [-0.39, 0.29) is 81.1 Å². The Morgan fingerprint density at radius 3 is 1.65 bits per heavy atom. The Balaban J connectivity index is 2.00. The maximum atomic E-state index is 14.9. The molecule has 0 aromatic heterocycles. The van der Waals surface area contributed by atoms with Crippen molar-refractivity contribution in [1.82, 2.24) is 37.2 Å². The molecule has 8 atom stereocenters. The van der Waals surface area contributed by atoms with Crippen LogP contribution in [0.1, 0.15) is 159 Å². The van der Waals surface area contributed by atoms with E-state index < -0.39 is 101 Å². The highest BCUT2D eigenvalue weighted by Crippen LogP contribution is 2.34. The Bertz CT molecular complexity index is 1740. The Morgan fingerprint density at radius 2 is 1.14 bits per heavy atom. The van der Waals surface area contributed by atoms with Crippen molar-refractivity contribution >= 4 is 47.3 Å². The largest absolute Gasteiger partial charge is 0.467 e. The van der Waals surface area contributed by atoms with E-state index in [0.717, 1.165) is 12.8 Å². The van der Waals surface area contributed by atoms with Crippen LogP contribution in [0, 0.1) is 29.6 Å². The number of nitrogens with two attached hydrogens (primary N) is 1. The van der Waals surface area contributed by atoms with Gasteiger partial charge < -0.3 is 57.2 Å². The molecule has 19 heteroatoms. The smallest absolute Gasteiger partial charge is 0.331 e. The molecule has 0 aromatic carbocycles. The van der Waals surface area contributed by atoms with Crippen LogP contribution in [0.5, 0.6) is 0 Å². The van der Waals surface area contributed by atoms with Crippen molar-refractivity contribution < 1.29 is 52.6 Å². The molecule has 0 radical (unpaired) electrons. The molecule has 19 nitrogen and oxygen atoms in total. The molecule has 0 aromatic rings. The normalized spacial score (nSPS) is 26.5. The van der Waals surface area contributed by atoms with E-state index in [1.54, 1.807) is 0 Å². The number of carbonyl (C=O) groups excluding carboxylic acids is 8. The molecule has 2 aliphatic carbocycles. The number of fused-ring (bicyclic) bond motifs is 2. The van der Waals surface area contributed by atoms with Crippen LogP contribution in [-0.2, 0) is 52.6 Å². The first-order chi connectivity index (χ1) is 32.4. The van der Waals surface area contributed by atoms with Crippen LogP contribution in [0.15, 0.2) is 0 Å². The Hall–Kier alpha value is -4.36. The number of ether oxygens (including phenoxy) is 3. The minimum atomic E-state index is -1.56. The van der Waals surface area contributed by atoms with E-state index in [2.05, 4.69) is 37.2 Å². The number of esters is 1. The maximum Gasteiger partial charge on any atom is 0.331 e. The van der Waals surface area contributed by atoms with Crippen molar-refractivity contribution in [3.63, 3.8) is 0 Å². The van der Waals surface area contributed by atoms with Crippen LogP contribution in [0.25, 0.3) is 0 Å². The van der Waals surface area contributed by atoms with E-state index in [0.29, 0.717) is 45.3 Å². The number of hydrogen-bond acceptors (Lipinski definition) is 12. The molecule has 3 fully saturated rings. The third-order valence-electron chi connectivity index (χ3n) is 13.0. The molecule has 3 aliphatic rings. The van der Waals surface area contributed by atoms with Crippen LogP contribution in [-0.4, -0.2) is 128 Å². The number of carbonyl (C=O) groups is 8. The molecule has 2 saturated carbocycles. The third kappa shape index (κ3) is 18.7. The summed E-state index contributed by atoms with van der Waals surface area (Å²) in [4.78, 5) is 112. The highest BCUT2D eigenvalue weighted by molar-refractivity contribution is 5.99. The summed E-state index contributed by atoms with van der Waals surface area (Å²) in [5.74, 6) is -4.87. The molecule has 1 heterocycles. The van der Waals surface area contributed by atoms with Crippen LogP contribution in [0.3, 0.4) is 0 Å². The number of rotatable bonds is 17. The first-order valence-electron chi connectivity index (χ1n) is 25.6. The van der Waals surface area contributed by atoms with Crippen LogP contribution in [0.4, 0.5) is 0 Å². The molecule has 1 saturated heterocycles. The Kier molecular flexibility index (Phi) is 23.8. The summed E-state index contributed by atoms with van der Waals surface area (Å²) in [6.07, 6.45) is 4.79. The minimum Gasteiger partial charge on any atom is -0.467 e. The van der Waals surface area contributed by atoms with Crippen LogP contribution >= 0.6 is 0 Å². The topological polar surface area (TPSA) is 274 Å². The van der Waals surface area contributed by atoms with Gasteiger partial charge in [-0.15, -0.1) is 0 Å². The number of amides is 7. The second-order valence-corrected chi connectivity index (χ2v) is 21.9. The second kappa shape index (κ2) is 27.9. The molecule has 2 bridgehead atoms. The summed E-state index contributed by atoms with van der Waals surface area (Å²) < 4.78 is 17.1. The zero-order valence-electron chi connectivity index (χ0n) is 43.5. The summed E-state index contributed by atoms with van der Waals surface area (Å²) >= 11 is 0. The molecule has 69 heavy (non-hydrogen) atoms. The molecule has 3 rings (SSSR count). The van der Waals surface area contributed by atoms with Crippen molar-refractivity contribution in [1.29, 1.82) is 0 Å². The average Bonchev–Trinajstić information content (AvgIpc) is 3.91. The molecular weight excluding hydrogens is 889 g/mol. The predicted octanol–water partition coefficient (Wildman–Crippen LogP) is 2.80. The maximum absolute atomic E-state index is 14.9. The summed E-state index contributed by atoms with van der Waals surface area (Å²) in [5.41, 5.74) is 3.43. The Morgan fingerprint density at radius 1 is 0.652 bits per heavy atom. The second-order valence-electron chi connectivity index (χ2n) is 21.9. The molecule has 7 amide bonds. The SMILES string of the molecule is COC(=O)C1(NC(=O)[C@H](CC(C)C)NC(=O)[C@H](CC(C)C)NC(=O)[C@]23CC[C@H](C2)OCCCCOC[C@H](N)C(=O)N[C@@H](CC(C)C)C(=O)NC(CC(C)C)C(=O)N[C@@H](CC(C)C)C(=O)N3)CCCC1. The monoisotopic (exact) mass is 977 g/mol. The van der Waals surface area contributed by atoms with Gasteiger partial charge in [-0.05, 0) is 100 Å². The molecule has 1 aliphatic heterocycles. The molecular formula is C50H88N8O11. The number of methoxy groups -OCH3 is 1. The fraction of sp³-hybridized carbons (Fsp3) is 0.840. The molecule has 9 N–H and O–H groups in total. The lowest BCUT2D eigenvalue weighted by atomic mass is 9.92. The number of nitrogens with one attached hydrogen (secondary N) is 7. The standard InChI is InChI=1S/C50H88N8O11/c1-29(2)22-36-42(60)53-37(23-30(3)4)43(61)54-40(26-33(9)10)46(64)58-50(19-16-34(27-50)69-21-15-14-20-68-28-35(51)41(59)52-36)47(65)56-38(24-31(5)6)44(62)55-39(25-32(7)8)45(63)57-49(48(66)67-11)17-12-13-18-49/h29-40H,12-28,51H2,1-11H3,(H,52,59)(H,53,60)(H,54,61)(H,55,62)(H,56,65)(H,57,63)(H,58,64)/t34-,35+,36+,37?,38+,39+,40+,50+/m1/s1. The van der Waals surface area contributed by atoms with Gasteiger partial charge in [0, 0.05) is 19.6 Å². The lowest BCUT2D eigenvalue weighted by Gasteiger charge is -2.34. The van der Waals surface area contributed by atoms with Gasteiger partial charge >= 0.3 is 5.97 Å². The lowest BCUT2D eigenvalue weighted by Crippen LogP contribution is -2.65. The van der Waals surface area contributed by atoms with Gasteiger partial charge in [0.2, 0.25) is 41.4 Å². The van der Waals surface area contributed by atoms with Gasteiger partial charge in [0.1, 0.15) is 47.3 Å². The zero-order valence-corrected chi connectivity index (χ0v) is 43.5. The molecule has 1 unspecified atom stereocenters. The van der Waals surface area contributed by atoms with Crippen molar-refractivity contribution in [3.8, 4) is 0 Å². The van der Waals surface area contributed by atoms with E-state index in [4.69, 9.17) is 19.9 Å². The van der Waals surface area contributed by atoms with Gasteiger partial charge in [-0.25, -0.2) is 4.79 Å². The fourth-order valence-electron chi connectivity index (χ4n) is 9.47. The predicted molar refractivity (Wildman–Crippen MR) is 261 cm³/mol. The van der Waals surface area contributed by atoms with Crippen molar-refractivity contribution in [2.75, 3.05) is 26.9 Å².